The second kappa shape index (κ2) is 4.94. The van der Waals surface area contributed by atoms with Crippen LogP contribution in [0.5, 0.6) is 0 Å². The van der Waals surface area contributed by atoms with Gasteiger partial charge < -0.3 is 4.57 Å². The molecule has 0 aliphatic carbocycles. The number of hydrogen-bond donors (Lipinski definition) is 0. The monoisotopic (exact) mass is 267 g/mol. The lowest BCUT2D eigenvalue weighted by Gasteiger charge is -2.10. The molecule has 0 bridgehead atoms. The molecule has 0 N–H and O–H groups in total. The molecule has 0 spiro atoms. The van der Waals surface area contributed by atoms with Crippen LogP contribution >= 0.6 is 23.2 Å². The number of aromatic nitrogens is 1. The minimum absolute atomic E-state index is 0.0261. The van der Waals surface area contributed by atoms with E-state index in [1.54, 1.807) is 31.2 Å². The molecule has 0 aliphatic heterocycles. The summed E-state index contributed by atoms with van der Waals surface area (Å²) in [4.78, 5) is 11.4. The number of hydrogen-bond acceptors (Lipinski definition) is 1. The van der Waals surface area contributed by atoms with Crippen LogP contribution in [0, 0.1) is 0 Å². The first kappa shape index (κ1) is 12.2. The Morgan fingerprint density at radius 1 is 1.18 bits per heavy atom. The lowest BCUT2D eigenvalue weighted by Crippen LogP contribution is -2.07. The van der Waals surface area contributed by atoms with Gasteiger partial charge in [-0.3, -0.25) is 4.79 Å². The maximum atomic E-state index is 11.4. The van der Waals surface area contributed by atoms with Crippen LogP contribution in [0.2, 0.25) is 10.0 Å². The minimum atomic E-state index is 0.0261. The van der Waals surface area contributed by atoms with E-state index in [0.717, 1.165) is 5.56 Å². The van der Waals surface area contributed by atoms with Gasteiger partial charge in [0.05, 0.1) is 12.2 Å². The van der Waals surface area contributed by atoms with E-state index in [9.17, 15) is 4.79 Å². The summed E-state index contributed by atoms with van der Waals surface area (Å²) in [6.45, 7) is 2.04. The number of nitrogens with zero attached hydrogens (tertiary/aromatic N) is 1. The second-order valence-electron chi connectivity index (χ2n) is 3.78. The van der Waals surface area contributed by atoms with Gasteiger partial charge in [-0.1, -0.05) is 29.3 Å². The molecule has 0 saturated carbocycles. The molecule has 0 unspecified atom stereocenters. The Hall–Kier alpha value is -1.25. The Morgan fingerprint density at radius 2 is 1.82 bits per heavy atom. The van der Waals surface area contributed by atoms with E-state index in [-0.39, 0.29) is 5.78 Å². The Balaban J connectivity index is 2.38. The van der Waals surface area contributed by atoms with Gasteiger partial charge in [-0.05, 0) is 24.3 Å². The summed E-state index contributed by atoms with van der Waals surface area (Å²) < 4.78 is 1.84. The van der Waals surface area contributed by atoms with Crippen molar-refractivity contribution in [3.05, 3.63) is 57.8 Å². The van der Waals surface area contributed by atoms with Gasteiger partial charge >= 0.3 is 0 Å². The third-order valence-corrected chi connectivity index (χ3v) is 3.29. The summed E-state index contributed by atoms with van der Waals surface area (Å²) in [6.07, 6.45) is 1.84. The maximum Gasteiger partial charge on any atom is 0.176 e. The van der Waals surface area contributed by atoms with Crippen LogP contribution in [-0.4, -0.2) is 10.4 Å². The third-order valence-electron chi connectivity index (χ3n) is 2.58. The molecule has 2 aromatic rings. The van der Waals surface area contributed by atoms with Gasteiger partial charge in [0.1, 0.15) is 0 Å². The fourth-order valence-corrected chi connectivity index (χ4v) is 2.24. The van der Waals surface area contributed by atoms with Crippen LogP contribution in [0.4, 0.5) is 0 Å². The number of ketones is 1. The summed E-state index contributed by atoms with van der Waals surface area (Å²) in [5, 5.41) is 1.22. The number of benzene rings is 1. The van der Waals surface area contributed by atoms with Crippen molar-refractivity contribution in [3.63, 3.8) is 0 Å². The molecular weight excluding hydrogens is 257 g/mol. The van der Waals surface area contributed by atoms with E-state index in [1.165, 1.54) is 0 Å². The molecule has 0 aliphatic rings. The Morgan fingerprint density at radius 3 is 2.41 bits per heavy atom. The van der Waals surface area contributed by atoms with Crippen LogP contribution in [0.25, 0.3) is 0 Å². The molecule has 0 fully saturated rings. The normalized spacial score (nSPS) is 10.5. The first-order chi connectivity index (χ1) is 8.09. The van der Waals surface area contributed by atoms with Gasteiger partial charge in [-0.2, -0.15) is 0 Å². The highest BCUT2D eigenvalue weighted by Gasteiger charge is 2.10. The smallest absolute Gasteiger partial charge is 0.176 e. The Kier molecular flexibility index (Phi) is 3.55. The lowest BCUT2D eigenvalue weighted by molar-refractivity contribution is 0.100. The molecule has 1 aromatic heterocycles. The van der Waals surface area contributed by atoms with Crippen molar-refractivity contribution in [2.45, 2.75) is 13.5 Å². The summed E-state index contributed by atoms with van der Waals surface area (Å²) >= 11 is 12.2. The number of carbonyl (C=O) groups excluding carboxylic acids is 1. The van der Waals surface area contributed by atoms with Crippen LogP contribution in [-0.2, 0) is 6.54 Å². The van der Waals surface area contributed by atoms with E-state index in [1.807, 2.05) is 16.8 Å². The average molecular weight is 268 g/mol. The first-order valence-electron chi connectivity index (χ1n) is 5.18. The van der Waals surface area contributed by atoms with E-state index < -0.39 is 0 Å². The fourth-order valence-electron chi connectivity index (χ4n) is 1.73. The highest BCUT2D eigenvalue weighted by molar-refractivity contribution is 6.35. The SMILES string of the molecule is CC(=O)c1cccn1Cc1c(Cl)cccc1Cl. The van der Waals surface area contributed by atoms with E-state index in [0.29, 0.717) is 22.3 Å². The fraction of sp³-hybridized carbons (Fsp3) is 0.154. The van der Waals surface area contributed by atoms with Crippen LogP contribution in [0.1, 0.15) is 23.0 Å². The zero-order valence-corrected chi connectivity index (χ0v) is 10.8. The molecule has 0 saturated heterocycles. The average Bonchev–Trinajstić information content (AvgIpc) is 2.72. The van der Waals surface area contributed by atoms with Gasteiger partial charge in [0.25, 0.3) is 0 Å². The van der Waals surface area contributed by atoms with Gasteiger partial charge in [0.15, 0.2) is 5.78 Å². The number of rotatable bonds is 3. The Labute approximate surface area is 110 Å². The van der Waals surface area contributed by atoms with Crippen molar-refractivity contribution < 1.29 is 4.79 Å². The summed E-state index contributed by atoms with van der Waals surface area (Å²) in [5.41, 5.74) is 1.48. The van der Waals surface area contributed by atoms with E-state index >= 15 is 0 Å². The quantitative estimate of drug-likeness (QED) is 0.770. The molecule has 1 aromatic carbocycles. The first-order valence-corrected chi connectivity index (χ1v) is 5.94. The molecule has 88 valence electrons. The van der Waals surface area contributed by atoms with Gasteiger partial charge in [-0.25, -0.2) is 0 Å². The molecule has 0 radical (unpaired) electrons. The lowest BCUT2D eigenvalue weighted by atomic mass is 10.2. The molecule has 0 atom stereocenters. The maximum absolute atomic E-state index is 11.4. The number of halogens is 2. The zero-order chi connectivity index (χ0) is 12.4. The molecular formula is C13H11Cl2NO. The summed E-state index contributed by atoms with van der Waals surface area (Å²) in [5.74, 6) is 0.0261. The second-order valence-corrected chi connectivity index (χ2v) is 4.59. The van der Waals surface area contributed by atoms with Crippen molar-refractivity contribution in [1.29, 1.82) is 0 Å². The van der Waals surface area contributed by atoms with Crippen molar-refractivity contribution in [3.8, 4) is 0 Å². The molecule has 2 nitrogen and oxygen atoms in total. The van der Waals surface area contributed by atoms with Crippen molar-refractivity contribution in [2.75, 3.05) is 0 Å². The van der Waals surface area contributed by atoms with Gasteiger partial charge in [0.2, 0.25) is 0 Å². The largest absolute Gasteiger partial charge is 0.341 e. The summed E-state index contributed by atoms with van der Waals surface area (Å²) in [6, 6.07) is 9.00. The highest BCUT2D eigenvalue weighted by atomic mass is 35.5. The van der Waals surface area contributed by atoms with Gasteiger partial charge in [-0.15, -0.1) is 0 Å². The van der Waals surface area contributed by atoms with E-state index in [2.05, 4.69) is 0 Å². The molecule has 2 rings (SSSR count). The standard InChI is InChI=1S/C13H11Cl2NO/c1-9(17)13-6-3-7-16(13)8-10-11(14)4-2-5-12(10)15/h2-7H,8H2,1H3. The van der Waals surface area contributed by atoms with Crippen LogP contribution < -0.4 is 0 Å². The van der Waals surface area contributed by atoms with Crippen molar-refractivity contribution in [1.82, 2.24) is 4.57 Å². The summed E-state index contributed by atoms with van der Waals surface area (Å²) in [7, 11) is 0. The van der Waals surface area contributed by atoms with Crippen LogP contribution in [0.15, 0.2) is 36.5 Å². The molecule has 17 heavy (non-hydrogen) atoms. The number of Topliss-reactive ketones (excluding diaryl/α,β-unsaturated/α-hetero) is 1. The zero-order valence-electron chi connectivity index (χ0n) is 9.28. The van der Waals surface area contributed by atoms with Crippen LogP contribution in [0.3, 0.4) is 0 Å². The molecule has 1 heterocycles. The van der Waals surface area contributed by atoms with Crippen molar-refractivity contribution >= 4 is 29.0 Å². The molecule has 0 amide bonds. The topological polar surface area (TPSA) is 22.0 Å². The minimum Gasteiger partial charge on any atom is -0.341 e. The van der Waals surface area contributed by atoms with Crippen molar-refractivity contribution in [2.24, 2.45) is 0 Å². The molecule has 4 heteroatoms. The Bertz CT molecular complexity index is 540. The van der Waals surface area contributed by atoms with Gasteiger partial charge in [0, 0.05) is 28.7 Å². The van der Waals surface area contributed by atoms with E-state index in [4.69, 9.17) is 23.2 Å². The predicted molar refractivity (Wildman–Crippen MR) is 70.0 cm³/mol. The highest BCUT2D eigenvalue weighted by Crippen LogP contribution is 2.25. The number of carbonyl (C=O) groups is 1. The third kappa shape index (κ3) is 2.54. The predicted octanol–water partition coefficient (Wildman–Crippen LogP) is 4.05.